The average Bonchev–Trinajstić information content (AvgIpc) is 3.06. The van der Waals surface area contributed by atoms with Crippen LogP contribution in [-0.4, -0.2) is 43.2 Å². The molecule has 2 aromatic rings. The molecular formula is C18H22BNO5S2. The van der Waals surface area contributed by atoms with Crippen molar-refractivity contribution in [3.8, 4) is 0 Å². The van der Waals surface area contributed by atoms with Gasteiger partial charge < -0.3 is 9.47 Å². The first kappa shape index (κ1) is 21.5. The van der Waals surface area contributed by atoms with Crippen molar-refractivity contribution in [2.75, 3.05) is 25.3 Å². The van der Waals surface area contributed by atoms with Crippen molar-refractivity contribution >= 4 is 46.3 Å². The van der Waals surface area contributed by atoms with Crippen molar-refractivity contribution in [3.63, 3.8) is 0 Å². The zero-order valence-electron chi connectivity index (χ0n) is 16.0. The molecule has 6 nitrogen and oxygen atoms in total. The summed E-state index contributed by atoms with van der Waals surface area (Å²) in [7, 11) is 4.63. The van der Waals surface area contributed by atoms with Crippen molar-refractivity contribution in [2.45, 2.75) is 31.1 Å². The largest absolute Gasteiger partial charge is 0.465 e. The second-order valence-corrected chi connectivity index (χ2v) is 9.65. The van der Waals surface area contributed by atoms with Crippen LogP contribution in [0, 0.1) is 0 Å². The van der Waals surface area contributed by atoms with Crippen molar-refractivity contribution in [1.29, 1.82) is 0 Å². The Morgan fingerprint density at radius 1 is 1.22 bits per heavy atom. The normalized spacial score (nSPS) is 12.0. The van der Waals surface area contributed by atoms with Crippen LogP contribution in [0.1, 0.15) is 36.0 Å². The first-order valence-corrected chi connectivity index (χ1v) is 10.4. The fraction of sp³-hybridized carbons (Fsp3) is 0.389. The van der Waals surface area contributed by atoms with Crippen LogP contribution < -0.4 is 9.77 Å². The molecule has 144 valence electrons. The number of carbonyl (C=O) groups is 1. The molecule has 2 radical (unpaired) electrons. The smallest absolute Gasteiger partial charge is 0.350 e. The molecule has 0 atom stereocenters. The second-order valence-electron chi connectivity index (χ2n) is 6.90. The lowest BCUT2D eigenvalue weighted by atomic mass is 9.83. The molecule has 0 unspecified atom stereocenters. The van der Waals surface area contributed by atoms with Crippen LogP contribution in [0.25, 0.3) is 0 Å². The van der Waals surface area contributed by atoms with Crippen LogP contribution in [0.3, 0.4) is 0 Å². The first-order valence-electron chi connectivity index (χ1n) is 8.11. The highest BCUT2D eigenvalue weighted by atomic mass is 32.2. The van der Waals surface area contributed by atoms with E-state index in [1.165, 1.54) is 26.4 Å². The van der Waals surface area contributed by atoms with E-state index in [1.54, 1.807) is 17.5 Å². The van der Waals surface area contributed by atoms with Crippen molar-refractivity contribution in [3.05, 3.63) is 40.1 Å². The number of methoxy groups -OCH3 is 2. The highest BCUT2D eigenvalue weighted by molar-refractivity contribution is 7.93. The van der Waals surface area contributed by atoms with Gasteiger partial charge in [-0.25, -0.2) is 17.5 Å². The van der Waals surface area contributed by atoms with E-state index in [4.69, 9.17) is 17.3 Å². The zero-order chi connectivity index (χ0) is 20.4. The lowest BCUT2D eigenvalue weighted by Gasteiger charge is -2.26. The number of thiophene rings is 1. The number of ether oxygens (including phenoxy) is 2. The third-order valence-electron chi connectivity index (χ3n) is 3.97. The quantitative estimate of drug-likeness (QED) is 0.418. The fourth-order valence-corrected chi connectivity index (χ4v) is 4.86. The zero-order valence-corrected chi connectivity index (χ0v) is 17.6. The molecular weight excluding hydrogens is 385 g/mol. The van der Waals surface area contributed by atoms with Crippen LogP contribution in [0.2, 0.25) is 0 Å². The van der Waals surface area contributed by atoms with E-state index in [0.29, 0.717) is 0 Å². The van der Waals surface area contributed by atoms with Gasteiger partial charge in [0.15, 0.2) is 0 Å². The summed E-state index contributed by atoms with van der Waals surface area (Å²) in [5, 5.41) is 1.62. The minimum atomic E-state index is -4.06. The maximum absolute atomic E-state index is 13.3. The molecule has 0 aliphatic carbocycles. The highest BCUT2D eigenvalue weighted by Gasteiger charge is 2.31. The molecule has 0 aliphatic rings. The SMILES string of the molecule is [B]c1cc(C(C)(C)C)ccc1S(=O)(=O)N(COC)c1ccsc1C(=O)OC. The number of benzene rings is 1. The number of rotatable bonds is 6. The monoisotopic (exact) mass is 407 g/mol. The van der Waals surface area contributed by atoms with E-state index in [1.807, 2.05) is 20.8 Å². The molecule has 1 aromatic carbocycles. The van der Waals surface area contributed by atoms with Gasteiger partial charge in [-0.05, 0) is 28.5 Å². The minimum Gasteiger partial charge on any atom is -0.465 e. The average molecular weight is 407 g/mol. The number of hydrogen-bond donors (Lipinski definition) is 0. The fourth-order valence-electron chi connectivity index (χ4n) is 2.50. The molecule has 0 amide bonds. The summed E-state index contributed by atoms with van der Waals surface area (Å²) in [5.74, 6) is -0.618. The van der Waals surface area contributed by atoms with Gasteiger partial charge in [0.05, 0.1) is 17.7 Å². The predicted octanol–water partition coefficient (Wildman–Crippen LogP) is 2.43. The number of nitrogens with zero attached hydrogens (tertiary/aromatic N) is 1. The van der Waals surface area contributed by atoms with Gasteiger partial charge in [0.2, 0.25) is 0 Å². The summed E-state index contributed by atoms with van der Waals surface area (Å²) in [6.45, 7) is 5.77. The van der Waals surface area contributed by atoms with Gasteiger partial charge in [0.25, 0.3) is 10.0 Å². The van der Waals surface area contributed by atoms with Crippen molar-refractivity contribution in [2.24, 2.45) is 0 Å². The van der Waals surface area contributed by atoms with E-state index < -0.39 is 16.0 Å². The molecule has 0 fully saturated rings. The van der Waals surface area contributed by atoms with Gasteiger partial charge in [0.1, 0.15) is 19.5 Å². The topological polar surface area (TPSA) is 72.9 Å². The molecule has 27 heavy (non-hydrogen) atoms. The lowest BCUT2D eigenvalue weighted by Crippen LogP contribution is -2.36. The Morgan fingerprint density at radius 2 is 1.89 bits per heavy atom. The number of hydrogen-bond acceptors (Lipinski definition) is 6. The van der Waals surface area contributed by atoms with Gasteiger partial charge >= 0.3 is 5.97 Å². The van der Waals surface area contributed by atoms with E-state index >= 15 is 0 Å². The summed E-state index contributed by atoms with van der Waals surface area (Å²) >= 11 is 1.09. The van der Waals surface area contributed by atoms with E-state index in [-0.39, 0.29) is 33.1 Å². The Hall–Kier alpha value is -1.84. The summed E-state index contributed by atoms with van der Waals surface area (Å²) in [4.78, 5) is 12.1. The molecule has 0 spiro atoms. The summed E-state index contributed by atoms with van der Waals surface area (Å²) < 4.78 is 37.4. The number of esters is 1. The molecule has 0 saturated carbocycles. The number of anilines is 1. The minimum absolute atomic E-state index is 0.0467. The molecule has 9 heteroatoms. The lowest BCUT2D eigenvalue weighted by molar-refractivity contribution is 0.0607. The van der Waals surface area contributed by atoms with E-state index in [9.17, 15) is 13.2 Å². The van der Waals surface area contributed by atoms with Crippen LogP contribution in [0.4, 0.5) is 5.69 Å². The molecule has 1 heterocycles. The highest BCUT2D eigenvalue weighted by Crippen LogP contribution is 2.32. The Balaban J connectivity index is 2.58. The third kappa shape index (κ3) is 4.36. The van der Waals surface area contributed by atoms with Gasteiger partial charge in [-0.15, -0.1) is 11.3 Å². The first-order chi connectivity index (χ1) is 12.5. The summed E-state index contributed by atoms with van der Waals surface area (Å²) in [6.07, 6.45) is 0. The molecule has 0 aliphatic heterocycles. The molecule has 0 saturated heterocycles. The Labute approximate surface area is 165 Å². The predicted molar refractivity (Wildman–Crippen MR) is 108 cm³/mol. The van der Waals surface area contributed by atoms with Gasteiger partial charge in [0, 0.05) is 7.11 Å². The standard InChI is InChI=1S/C18H22BNO5S2/c1-18(2,3)12-6-7-15(13(19)10-12)27(22,23)20(11-24-4)14-8-9-26-16(14)17(21)25-5/h6-10H,11H2,1-5H3. The third-order valence-corrected chi connectivity index (χ3v) is 6.67. The molecule has 0 bridgehead atoms. The van der Waals surface area contributed by atoms with E-state index in [0.717, 1.165) is 21.2 Å². The van der Waals surface area contributed by atoms with Crippen molar-refractivity contribution < 1.29 is 22.7 Å². The Morgan fingerprint density at radius 3 is 2.41 bits per heavy atom. The van der Waals surface area contributed by atoms with Gasteiger partial charge in [-0.3, -0.25) is 0 Å². The van der Waals surface area contributed by atoms with Gasteiger partial charge in [-0.1, -0.05) is 38.4 Å². The molecule has 0 N–H and O–H groups in total. The number of carbonyl (C=O) groups excluding carboxylic acids is 1. The van der Waals surface area contributed by atoms with Crippen LogP contribution >= 0.6 is 11.3 Å². The number of sulfonamides is 1. The van der Waals surface area contributed by atoms with Gasteiger partial charge in [-0.2, -0.15) is 0 Å². The van der Waals surface area contributed by atoms with Crippen LogP contribution in [0.15, 0.2) is 34.5 Å². The van der Waals surface area contributed by atoms with E-state index in [2.05, 4.69) is 0 Å². The van der Waals surface area contributed by atoms with Crippen molar-refractivity contribution in [1.82, 2.24) is 0 Å². The maximum atomic E-state index is 13.3. The maximum Gasteiger partial charge on any atom is 0.350 e. The molecule has 1 aromatic heterocycles. The van der Waals surface area contributed by atoms with Crippen LogP contribution in [-0.2, 0) is 24.9 Å². The van der Waals surface area contributed by atoms with Crippen LogP contribution in [0.5, 0.6) is 0 Å². The molecule has 2 rings (SSSR count). The Bertz CT molecular complexity index is 931. The Kier molecular flexibility index (Phi) is 6.39. The summed E-state index contributed by atoms with van der Waals surface area (Å²) in [5.41, 5.74) is 1.07. The summed E-state index contributed by atoms with van der Waals surface area (Å²) in [6, 6.07) is 6.42. The second kappa shape index (κ2) is 8.04.